The van der Waals surface area contributed by atoms with Crippen LogP contribution >= 0.6 is 0 Å². The lowest BCUT2D eigenvalue weighted by atomic mass is 10.1. The Bertz CT molecular complexity index is 153. The van der Waals surface area contributed by atoms with Gasteiger partial charge in [0.25, 0.3) is 0 Å². The number of carbonyl (C=O) groups excluding carboxylic acids is 1. The molecule has 0 aliphatic heterocycles. The standard InChI is InChI=1S/C9H20N2O3/c1-13-7-8(4-3-5-10)11-6-9(12)14-2/h8,11H,3-7,10H2,1-2H3. The van der Waals surface area contributed by atoms with Gasteiger partial charge in [-0.25, -0.2) is 0 Å². The molecule has 0 radical (unpaired) electrons. The van der Waals surface area contributed by atoms with Crippen molar-refractivity contribution in [1.29, 1.82) is 0 Å². The Morgan fingerprint density at radius 1 is 1.50 bits per heavy atom. The molecule has 84 valence electrons. The number of hydrogen-bond donors (Lipinski definition) is 2. The fourth-order valence-electron chi connectivity index (χ4n) is 1.11. The van der Waals surface area contributed by atoms with Gasteiger partial charge in [-0.05, 0) is 19.4 Å². The van der Waals surface area contributed by atoms with E-state index in [9.17, 15) is 4.79 Å². The van der Waals surface area contributed by atoms with Crippen molar-refractivity contribution in [1.82, 2.24) is 5.32 Å². The van der Waals surface area contributed by atoms with Gasteiger partial charge >= 0.3 is 5.97 Å². The molecule has 0 aromatic heterocycles. The Hall–Kier alpha value is -0.650. The van der Waals surface area contributed by atoms with Crippen molar-refractivity contribution in [3.8, 4) is 0 Å². The monoisotopic (exact) mass is 204 g/mol. The molecule has 0 saturated carbocycles. The molecule has 0 heterocycles. The lowest BCUT2D eigenvalue weighted by Crippen LogP contribution is -2.37. The Labute approximate surface area is 84.9 Å². The van der Waals surface area contributed by atoms with E-state index in [1.54, 1.807) is 7.11 Å². The van der Waals surface area contributed by atoms with E-state index in [1.807, 2.05) is 0 Å². The molecule has 5 heteroatoms. The second-order valence-corrected chi connectivity index (χ2v) is 3.04. The van der Waals surface area contributed by atoms with E-state index < -0.39 is 0 Å². The first-order chi connectivity index (χ1) is 6.74. The summed E-state index contributed by atoms with van der Waals surface area (Å²) in [7, 11) is 3.00. The first-order valence-corrected chi connectivity index (χ1v) is 4.73. The van der Waals surface area contributed by atoms with Gasteiger partial charge in [0.15, 0.2) is 0 Å². The third kappa shape index (κ3) is 6.82. The lowest BCUT2D eigenvalue weighted by molar-refractivity contribution is -0.139. The summed E-state index contributed by atoms with van der Waals surface area (Å²) in [5.74, 6) is -0.265. The van der Waals surface area contributed by atoms with Crippen molar-refractivity contribution >= 4 is 5.97 Å². The fourth-order valence-corrected chi connectivity index (χ4v) is 1.11. The van der Waals surface area contributed by atoms with E-state index in [0.717, 1.165) is 12.8 Å². The minimum atomic E-state index is -0.265. The summed E-state index contributed by atoms with van der Waals surface area (Å²) in [6.07, 6.45) is 1.82. The molecule has 0 spiro atoms. The maximum atomic E-state index is 10.8. The van der Waals surface area contributed by atoms with Gasteiger partial charge in [-0.15, -0.1) is 0 Å². The number of methoxy groups -OCH3 is 2. The van der Waals surface area contributed by atoms with Gasteiger partial charge in [-0.1, -0.05) is 0 Å². The molecule has 5 nitrogen and oxygen atoms in total. The first-order valence-electron chi connectivity index (χ1n) is 4.73. The van der Waals surface area contributed by atoms with Crippen LogP contribution in [0.5, 0.6) is 0 Å². The molecule has 3 N–H and O–H groups in total. The molecule has 0 rings (SSSR count). The number of rotatable bonds is 8. The van der Waals surface area contributed by atoms with Crippen molar-refractivity contribution in [2.24, 2.45) is 5.73 Å². The molecule has 0 bridgehead atoms. The van der Waals surface area contributed by atoms with Crippen LogP contribution in [0, 0.1) is 0 Å². The van der Waals surface area contributed by atoms with Crippen molar-refractivity contribution in [3.05, 3.63) is 0 Å². The zero-order valence-corrected chi connectivity index (χ0v) is 8.91. The molecule has 0 amide bonds. The Morgan fingerprint density at radius 2 is 2.21 bits per heavy atom. The number of esters is 1. The zero-order chi connectivity index (χ0) is 10.8. The van der Waals surface area contributed by atoms with E-state index in [1.165, 1.54) is 7.11 Å². The van der Waals surface area contributed by atoms with Crippen LogP contribution in [-0.4, -0.2) is 45.9 Å². The summed E-state index contributed by atoms with van der Waals surface area (Å²) in [4.78, 5) is 10.8. The van der Waals surface area contributed by atoms with Crippen molar-refractivity contribution in [3.63, 3.8) is 0 Å². The fraction of sp³-hybridized carbons (Fsp3) is 0.889. The Balaban J connectivity index is 3.66. The second-order valence-electron chi connectivity index (χ2n) is 3.04. The molecule has 0 aliphatic rings. The summed E-state index contributed by atoms with van der Waals surface area (Å²) in [5, 5.41) is 3.05. The minimum Gasteiger partial charge on any atom is -0.468 e. The molecule has 0 aliphatic carbocycles. The van der Waals surface area contributed by atoms with E-state index in [4.69, 9.17) is 10.5 Å². The SMILES string of the molecule is COCC(CCCN)NCC(=O)OC. The molecule has 1 atom stereocenters. The zero-order valence-electron chi connectivity index (χ0n) is 8.91. The number of ether oxygens (including phenoxy) is 2. The number of hydrogen-bond acceptors (Lipinski definition) is 5. The van der Waals surface area contributed by atoms with Gasteiger partial charge in [0.2, 0.25) is 0 Å². The molecule has 0 aromatic rings. The van der Waals surface area contributed by atoms with Crippen LogP contribution in [0.3, 0.4) is 0 Å². The summed E-state index contributed by atoms with van der Waals surface area (Å²) < 4.78 is 9.53. The molecule has 14 heavy (non-hydrogen) atoms. The topological polar surface area (TPSA) is 73.6 Å². The number of nitrogens with two attached hydrogens (primary N) is 1. The third-order valence-electron chi connectivity index (χ3n) is 1.89. The highest BCUT2D eigenvalue weighted by molar-refractivity contribution is 5.71. The van der Waals surface area contributed by atoms with Gasteiger partial charge in [0.1, 0.15) is 0 Å². The molecular weight excluding hydrogens is 184 g/mol. The Morgan fingerprint density at radius 3 is 2.71 bits per heavy atom. The smallest absolute Gasteiger partial charge is 0.319 e. The lowest BCUT2D eigenvalue weighted by Gasteiger charge is -2.16. The second kappa shape index (κ2) is 8.93. The van der Waals surface area contributed by atoms with Crippen molar-refractivity contribution < 1.29 is 14.3 Å². The van der Waals surface area contributed by atoms with Gasteiger partial charge in [-0.2, -0.15) is 0 Å². The highest BCUT2D eigenvalue weighted by atomic mass is 16.5. The van der Waals surface area contributed by atoms with Crippen molar-refractivity contribution in [2.45, 2.75) is 18.9 Å². The molecule has 0 fully saturated rings. The Kier molecular flexibility index (Phi) is 8.51. The number of nitrogens with one attached hydrogen (secondary N) is 1. The maximum absolute atomic E-state index is 10.8. The van der Waals surface area contributed by atoms with Gasteiger partial charge in [-0.3, -0.25) is 4.79 Å². The summed E-state index contributed by atoms with van der Waals surface area (Å²) in [6.45, 7) is 1.45. The van der Waals surface area contributed by atoms with E-state index >= 15 is 0 Å². The predicted molar refractivity (Wildman–Crippen MR) is 54.0 cm³/mol. The van der Waals surface area contributed by atoms with Gasteiger partial charge in [0.05, 0.1) is 20.3 Å². The van der Waals surface area contributed by atoms with Gasteiger partial charge < -0.3 is 20.5 Å². The maximum Gasteiger partial charge on any atom is 0.319 e. The van der Waals surface area contributed by atoms with Crippen LogP contribution in [0.15, 0.2) is 0 Å². The average Bonchev–Trinajstić information content (AvgIpc) is 2.21. The first kappa shape index (κ1) is 13.4. The average molecular weight is 204 g/mol. The van der Waals surface area contributed by atoms with Crippen LogP contribution in [0.1, 0.15) is 12.8 Å². The summed E-state index contributed by atoms with van der Waals surface area (Å²) in [6, 6.07) is 0.169. The highest BCUT2D eigenvalue weighted by Crippen LogP contribution is 1.96. The molecular formula is C9H20N2O3. The summed E-state index contributed by atoms with van der Waals surface area (Å²) in [5.41, 5.74) is 5.39. The normalized spacial score (nSPS) is 12.5. The van der Waals surface area contributed by atoms with Gasteiger partial charge in [0, 0.05) is 13.2 Å². The predicted octanol–water partition coefficient (Wildman–Crippen LogP) is -0.497. The number of carbonyl (C=O) groups is 1. The highest BCUT2D eigenvalue weighted by Gasteiger charge is 2.09. The molecule has 0 aromatic carbocycles. The van der Waals surface area contributed by atoms with Crippen LogP contribution in [0.25, 0.3) is 0 Å². The van der Waals surface area contributed by atoms with E-state index in [-0.39, 0.29) is 18.6 Å². The van der Waals surface area contributed by atoms with Crippen molar-refractivity contribution in [2.75, 3.05) is 33.9 Å². The molecule has 1 unspecified atom stereocenters. The quantitative estimate of drug-likeness (QED) is 0.522. The molecule has 0 saturated heterocycles. The van der Waals surface area contributed by atoms with Crippen LogP contribution in [-0.2, 0) is 14.3 Å². The van der Waals surface area contributed by atoms with Crippen LogP contribution < -0.4 is 11.1 Å². The summed E-state index contributed by atoms with van der Waals surface area (Å²) >= 11 is 0. The van der Waals surface area contributed by atoms with Crippen LogP contribution in [0.2, 0.25) is 0 Å². The third-order valence-corrected chi connectivity index (χ3v) is 1.89. The van der Waals surface area contributed by atoms with E-state index in [0.29, 0.717) is 13.2 Å². The van der Waals surface area contributed by atoms with Crippen LogP contribution in [0.4, 0.5) is 0 Å². The largest absolute Gasteiger partial charge is 0.468 e. The minimum absolute atomic E-state index is 0.169. The van der Waals surface area contributed by atoms with E-state index in [2.05, 4.69) is 10.1 Å².